The van der Waals surface area contributed by atoms with Gasteiger partial charge in [-0.15, -0.1) is 0 Å². The minimum atomic E-state index is -0.332. The molecule has 112 valence electrons. The molecule has 0 aromatic heterocycles. The van der Waals surface area contributed by atoms with Gasteiger partial charge in [-0.05, 0) is 49.4 Å². The molecule has 0 amide bonds. The number of esters is 2. The molecule has 1 unspecified atom stereocenters. The lowest BCUT2D eigenvalue weighted by Gasteiger charge is -2.31. The molecule has 1 aromatic rings. The van der Waals surface area contributed by atoms with E-state index < -0.39 is 0 Å². The van der Waals surface area contributed by atoms with Crippen LogP contribution in [0.15, 0.2) is 6.07 Å². The summed E-state index contributed by atoms with van der Waals surface area (Å²) in [6.07, 6.45) is 1.73. The van der Waals surface area contributed by atoms with Crippen molar-refractivity contribution in [2.45, 2.75) is 46.6 Å². The fourth-order valence-electron chi connectivity index (χ4n) is 3.68. The van der Waals surface area contributed by atoms with Gasteiger partial charge in [0.25, 0.3) is 0 Å². The number of ether oxygens (including phenoxy) is 2. The summed E-state index contributed by atoms with van der Waals surface area (Å²) in [5.41, 5.74) is 4.31. The zero-order valence-corrected chi connectivity index (χ0v) is 12.9. The molecule has 3 rings (SSSR count). The van der Waals surface area contributed by atoms with Crippen LogP contribution < -0.4 is 4.74 Å². The van der Waals surface area contributed by atoms with E-state index in [1.165, 1.54) is 12.5 Å². The normalized spacial score (nSPS) is 26.9. The topological polar surface area (TPSA) is 52.6 Å². The Labute approximate surface area is 124 Å². The maximum Gasteiger partial charge on any atom is 0.309 e. The Morgan fingerprint density at radius 2 is 2.10 bits per heavy atom. The van der Waals surface area contributed by atoms with Crippen molar-refractivity contribution in [3.63, 3.8) is 0 Å². The second kappa shape index (κ2) is 4.86. The van der Waals surface area contributed by atoms with Crippen molar-refractivity contribution in [2.24, 2.45) is 11.8 Å². The van der Waals surface area contributed by atoms with Crippen LogP contribution in [0.25, 0.3) is 0 Å². The van der Waals surface area contributed by atoms with Crippen LogP contribution in [-0.2, 0) is 20.7 Å². The monoisotopic (exact) mass is 288 g/mol. The number of rotatable bonds is 1. The highest BCUT2D eigenvalue weighted by molar-refractivity contribution is 5.76. The summed E-state index contributed by atoms with van der Waals surface area (Å²) in [6.45, 7) is 7.30. The highest BCUT2D eigenvalue weighted by Crippen LogP contribution is 2.49. The average molecular weight is 288 g/mol. The number of carbonyl (C=O) groups is 2. The van der Waals surface area contributed by atoms with Crippen molar-refractivity contribution < 1.29 is 19.1 Å². The SMILES string of the molecule is CC(=O)Oc1cc(C)c2c(c1C)[C@@H]1OC(=O)C(C)[C@@H]1CC2. The second-order valence-corrected chi connectivity index (χ2v) is 6.15. The number of hydrogen-bond donors (Lipinski definition) is 0. The van der Waals surface area contributed by atoms with Gasteiger partial charge in [-0.3, -0.25) is 9.59 Å². The lowest BCUT2D eigenvalue weighted by Crippen LogP contribution is -2.23. The highest BCUT2D eigenvalue weighted by atomic mass is 16.6. The first kappa shape index (κ1) is 14.1. The summed E-state index contributed by atoms with van der Waals surface area (Å²) in [6, 6.07) is 1.91. The van der Waals surface area contributed by atoms with E-state index in [1.54, 1.807) is 0 Å². The van der Waals surface area contributed by atoms with Gasteiger partial charge in [0.05, 0.1) is 5.92 Å². The van der Waals surface area contributed by atoms with Gasteiger partial charge in [0, 0.05) is 18.4 Å². The summed E-state index contributed by atoms with van der Waals surface area (Å²) in [7, 11) is 0. The van der Waals surface area contributed by atoms with Gasteiger partial charge in [-0.2, -0.15) is 0 Å². The van der Waals surface area contributed by atoms with E-state index in [0.29, 0.717) is 5.75 Å². The highest BCUT2D eigenvalue weighted by Gasteiger charge is 2.46. The molecule has 0 N–H and O–H groups in total. The molecule has 0 bridgehead atoms. The quantitative estimate of drug-likeness (QED) is 0.589. The Morgan fingerprint density at radius 1 is 1.38 bits per heavy atom. The van der Waals surface area contributed by atoms with Gasteiger partial charge < -0.3 is 9.47 Å². The Hall–Kier alpha value is -1.84. The van der Waals surface area contributed by atoms with Crippen molar-refractivity contribution in [3.05, 3.63) is 28.3 Å². The molecule has 1 aromatic carbocycles. The van der Waals surface area contributed by atoms with E-state index in [4.69, 9.17) is 9.47 Å². The molecule has 0 saturated carbocycles. The third kappa shape index (κ3) is 2.13. The summed E-state index contributed by atoms with van der Waals surface area (Å²) < 4.78 is 10.9. The Balaban J connectivity index is 2.13. The molecule has 21 heavy (non-hydrogen) atoms. The van der Waals surface area contributed by atoms with Gasteiger partial charge in [0.15, 0.2) is 0 Å². The zero-order valence-electron chi connectivity index (χ0n) is 12.9. The lowest BCUT2D eigenvalue weighted by molar-refractivity contribution is -0.144. The van der Waals surface area contributed by atoms with Crippen LogP contribution in [0.4, 0.5) is 0 Å². The molecular weight excluding hydrogens is 268 g/mol. The predicted octanol–water partition coefficient (Wildman–Crippen LogP) is 3.03. The van der Waals surface area contributed by atoms with Crippen LogP contribution in [0.3, 0.4) is 0 Å². The van der Waals surface area contributed by atoms with Crippen LogP contribution in [0.5, 0.6) is 5.75 Å². The minimum Gasteiger partial charge on any atom is -0.457 e. The van der Waals surface area contributed by atoms with E-state index in [1.807, 2.05) is 26.8 Å². The summed E-state index contributed by atoms with van der Waals surface area (Å²) in [4.78, 5) is 23.2. The molecule has 0 radical (unpaired) electrons. The van der Waals surface area contributed by atoms with E-state index in [9.17, 15) is 9.59 Å². The Morgan fingerprint density at radius 3 is 2.76 bits per heavy atom. The first-order valence-electron chi connectivity index (χ1n) is 7.42. The summed E-state index contributed by atoms with van der Waals surface area (Å²) in [5, 5.41) is 0. The second-order valence-electron chi connectivity index (χ2n) is 6.15. The van der Waals surface area contributed by atoms with Crippen molar-refractivity contribution in [2.75, 3.05) is 0 Å². The molecule has 1 heterocycles. The molecule has 0 spiro atoms. The third-order valence-corrected chi connectivity index (χ3v) is 4.83. The number of hydrogen-bond acceptors (Lipinski definition) is 4. The van der Waals surface area contributed by atoms with Crippen LogP contribution in [0.1, 0.15) is 48.6 Å². The van der Waals surface area contributed by atoms with Gasteiger partial charge in [0.2, 0.25) is 0 Å². The Bertz CT molecular complexity index is 632. The van der Waals surface area contributed by atoms with Gasteiger partial charge in [-0.25, -0.2) is 0 Å². The van der Waals surface area contributed by atoms with Crippen LogP contribution in [0.2, 0.25) is 0 Å². The molecule has 4 heteroatoms. The molecule has 4 nitrogen and oxygen atoms in total. The molecule has 1 saturated heterocycles. The number of fused-ring (bicyclic) bond motifs is 3. The fourth-order valence-corrected chi connectivity index (χ4v) is 3.68. The van der Waals surface area contributed by atoms with E-state index in [0.717, 1.165) is 29.5 Å². The average Bonchev–Trinajstić information content (AvgIpc) is 2.70. The third-order valence-electron chi connectivity index (χ3n) is 4.83. The maximum absolute atomic E-state index is 11.9. The predicted molar refractivity (Wildman–Crippen MR) is 77.0 cm³/mol. The first-order valence-corrected chi connectivity index (χ1v) is 7.42. The first-order chi connectivity index (χ1) is 9.90. The van der Waals surface area contributed by atoms with Gasteiger partial charge in [0.1, 0.15) is 11.9 Å². The number of benzene rings is 1. The number of aryl methyl sites for hydroxylation is 1. The van der Waals surface area contributed by atoms with Crippen LogP contribution in [-0.4, -0.2) is 11.9 Å². The zero-order chi connectivity index (χ0) is 15.3. The number of carbonyl (C=O) groups excluding carboxylic acids is 2. The largest absolute Gasteiger partial charge is 0.457 e. The smallest absolute Gasteiger partial charge is 0.309 e. The van der Waals surface area contributed by atoms with Gasteiger partial charge in [-0.1, -0.05) is 6.92 Å². The molecule has 1 aliphatic heterocycles. The van der Waals surface area contributed by atoms with Crippen molar-refractivity contribution in [3.8, 4) is 5.75 Å². The summed E-state index contributed by atoms with van der Waals surface area (Å²) in [5.74, 6) is 0.306. The molecule has 3 atom stereocenters. The van der Waals surface area contributed by atoms with Crippen molar-refractivity contribution >= 4 is 11.9 Å². The summed E-state index contributed by atoms with van der Waals surface area (Å²) >= 11 is 0. The molecule has 1 fully saturated rings. The Kier molecular flexibility index (Phi) is 3.27. The molecule has 2 aliphatic rings. The van der Waals surface area contributed by atoms with Crippen LogP contribution >= 0.6 is 0 Å². The molecule has 1 aliphatic carbocycles. The fraction of sp³-hybridized carbons (Fsp3) is 0.529. The van der Waals surface area contributed by atoms with Gasteiger partial charge >= 0.3 is 11.9 Å². The lowest BCUT2D eigenvalue weighted by atomic mass is 9.74. The van der Waals surface area contributed by atoms with E-state index in [2.05, 4.69) is 0 Å². The van der Waals surface area contributed by atoms with Crippen molar-refractivity contribution in [1.29, 1.82) is 0 Å². The standard InChI is InChI=1S/C17H20O4/c1-8-7-14(20-11(4)18)10(3)15-12(8)5-6-13-9(2)17(19)21-16(13)15/h7,9,13,16H,5-6H2,1-4H3/t9?,13-,16+/m0/s1. The van der Waals surface area contributed by atoms with E-state index in [-0.39, 0.29) is 29.9 Å². The van der Waals surface area contributed by atoms with Crippen LogP contribution in [0, 0.1) is 25.7 Å². The van der Waals surface area contributed by atoms with Crippen molar-refractivity contribution in [1.82, 2.24) is 0 Å². The van der Waals surface area contributed by atoms with E-state index >= 15 is 0 Å². The minimum absolute atomic E-state index is 0.0553. The molecular formula is C17H20O4. The maximum atomic E-state index is 11.9.